The van der Waals surface area contributed by atoms with Crippen LogP contribution in [0.5, 0.6) is 0 Å². The number of carbonyl (C=O) groups is 2. The fourth-order valence-corrected chi connectivity index (χ4v) is 3.23. The third-order valence-electron chi connectivity index (χ3n) is 4.47. The smallest absolute Gasteiger partial charge is 0.410 e. The lowest BCUT2D eigenvalue weighted by Crippen LogP contribution is -2.51. The topological polar surface area (TPSA) is 76.1 Å². The molecule has 0 aliphatic carbocycles. The molecule has 6 nitrogen and oxygen atoms in total. The van der Waals surface area contributed by atoms with Crippen LogP contribution in [0.15, 0.2) is 24.3 Å². The molecule has 0 radical (unpaired) electrons. The molecule has 26 heavy (non-hydrogen) atoms. The lowest BCUT2D eigenvalue weighted by Gasteiger charge is -2.43. The minimum Gasteiger partial charge on any atom is -0.462 e. The van der Waals surface area contributed by atoms with Crippen LogP contribution < -0.4 is 0 Å². The van der Waals surface area contributed by atoms with Crippen LogP contribution in [0.4, 0.5) is 4.79 Å². The highest BCUT2D eigenvalue weighted by molar-refractivity contribution is 5.89. The number of aliphatic hydroxyl groups is 1. The van der Waals surface area contributed by atoms with Gasteiger partial charge in [0.05, 0.1) is 17.8 Å². The summed E-state index contributed by atoms with van der Waals surface area (Å²) in [6.45, 7) is 9.82. The van der Waals surface area contributed by atoms with Crippen molar-refractivity contribution in [3.8, 4) is 0 Å². The maximum Gasteiger partial charge on any atom is 0.410 e. The van der Waals surface area contributed by atoms with Gasteiger partial charge < -0.3 is 19.5 Å². The Morgan fingerprint density at radius 2 is 2.04 bits per heavy atom. The highest BCUT2D eigenvalue weighted by atomic mass is 16.6. The Hall–Kier alpha value is -2.08. The molecule has 1 heterocycles. The van der Waals surface area contributed by atoms with E-state index >= 15 is 0 Å². The molecule has 0 spiro atoms. The Bertz CT molecular complexity index is 666. The Balaban J connectivity index is 2.14. The van der Waals surface area contributed by atoms with Crippen LogP contribution in [-0.4, -0.2) is 46.9 Å². The van der Waals surface area contributed by atoms with Gasteiger partial charge in [-0.2, -0.15) is 0 Å². The van der Waals surface area contributed by atoms with Gasteiger partial charge in [0.15, 0.2) is 0 Å². The molecule has 2 rings (SSSR count). The summed E-state index contributed by atoms with van der Waals surface area (Å²) in [7, 11) is 0. The van der Waals surface area contributed by atoms with Crippen molar-refractivity contribution in [2.45, 2.75) is 64.7 Å². The first kappa shape index (κ1) is 20.2. The average Bonchev–Trinajstić information content (AvgIpc) is 2.53. The van der Waals surface area contributed by atoms with Crippen LogP contribution in [0.25, 0.3) is 0 Å². The molecular weight excluding hydrogens is 334 g/mol. The van der Waals surface area contributed by atoms with E-state index in [0.717, 1.165) is 0 Å². The van der Waals surface area contributed by atoms with Crippen molar-refractivity contribution < 1.29 is 24.2 Å². The first-order chi connectivity index (χ1) is 12.1. The Kier molecular flexibility index (Phi) is 5.96. The van der Waals surface area contributed by atoms with E-state index < -0.39 is 17.2 Å². The van der Waals surface area contributed by atoms with E-state index in [-0.39, 0.29) is 12.1 Å². The number of likely N-dealkylation sites (tertiary alicyclic amines) is 1. The molecule has 0 aromatic heterocycles. The van der Waals surface area contributed by atoms with Crippen LogP contribution in [0, 0.1) is 0 Å². The molecule has 144 valence electrons. The van der Waals surface area contributed by atoms with Gasteiger partial charge in [0.2, 0.25) is 0 Å². The molecular formula is C20H29NO5. The quantitative estimate of drug-likeness (QED) is 0.832. The predicted molar refractivity (Wildman–Crippen MR) is 97.9 cm³/mol. The minimum absolute atomic E-state index is 0.185. The third-order valence-corrected chi connectivity index (χ3v) is 4.47. The summed E-state index contributed by atoms with van der Waals surface area (Å²) in [5.74, 6) is -0.405. The summed E-state index contributed by atoms with van der Waals surface area (Å²) in [4.78, 5) is 25.9. The normalized spacial score (nSPS) is 23.5. The fraction of sp³-hybridized carbons (Fsp3) is 0.600. The summed E-state index contributed by atoms with van der Waals surface area (Å²) >= 11 is 0. The number of benzene rings is 1. The van der Waals surface area contributed by atoms with Crippen molar-refractivity contribution in [1.82, 2.24) is 4.90 Å². The van der Waals surface area contributed by atoms with Gasteiger partial charge in [0.1, 0.15) is 5.60 Å². The zero-order valence-electron chi connectivity index (χ0n) is 16.2. The number of hydrogen-bond acceptors (Lipinski definition) is 5. The van der Waals surface area contributed by atoms with Gasteiger partial charge in [-0.3, -0.25) is 0 Å². The van der Waals surface area contributed by atoms with E-state index in [2.05, 4.69) is 0 Å². The van der Waals surface area contributed by atoms with Gasteiger partial charge in [-0.15, -0.1) is 0 Å². The van der Waals surface area contributed by atoms with E-state index in [4.69, 9.17) is 9.47 Å². The molecule has 0 bridgehead atoms. The van der Waals surface area contributed by atoms with Crippen LogP contribution in [-0.2, 0) is 15.1 Å². The van der Waals surface area contributed by atoms with E-state index in [9.17, 15) is 14.7 Å². The maximum atomic E-state index is 12.3. The molecule has 1 fully saturated rings. The molecule has 0 saturated carbocycles. The SMILES string of the molecule is CCOC(=O)c1cccc(C2(O)CCN(C(=O)OC(C)(C)C)C(C)C2)c1. The number of esters is 1. The van der Waals surface area contributed by atoms with Crippen molar-refractivity contribution in [3.63, 3.8) is 0 Å². The molecule has 6 heteroatoms. The Morgan fingerprint density at radius 1 is 1.35 bits per heavy atom. The number of amides is 1. The third kappa shape index (κ3) is 4.75. The van der Waals surface area contributed by atoms with Crippen LogP contribution >= 0.6 is 0 Å². The zero-order chi connectivity index (χ0) is 19.5. The van der Waals surface area contributed by atoms with Gasteiger partial charge in [-0.05, 0) is 58.7 Å². The van der Waals surface area contributed by atoms with Crippen molar-refractivity contribution >= 4 is 12.1 Å². The van der Waals surface area contributed by atoms with Crippen molar-refractivity contribution in [1.29, 1.82) is 0 Å². The first-order valence-electron chi connectivity index (χ1n) is 9.05. The number of hydrogen-bond donors (Lipinski definition) is 1. The second-order valence-electron chi connectivity index (χ2n) is 7.81. The fourth-order valence-electron chi connectivity index (χ4n) is 3.23. The lowest BCUT2D eigenvalue weighted by molar-refractivity contribution is -0.0546. The van der Waals surface area contributed by atoms with Gasteiger partial charge in [0.25, 0.3) is 0 Å². The molecule has 2 unspecified atom stereocenters. The molecule has 1 aliphatic rings. The first-order valence-corrected chi connectivity index (χ1v) is 9.05. The van der Waals surface area contributed by atoms with Crippen molar-refractivity contribution in [3.05, 3.63) is 35.4 Å². The Labute approximate surface area is 155 Å². The van der Waals surface area contributed by atoms with Gasteiger partial charge in [-0.1, -0.05) is 12.1 Å². The van der Waals surface area contributed by atoms with E-state index in [0.29, 0.717) is 37.1 Å². The largest absolute Gasteiger partial charge is 0.462 e. The van der Waals surface area contributed by atoms with Gasteiger partial charge >= 0.3 is 12.1 Å². The van der Waals surface area contributed by atoms with E-state index in [1.807, 2.05) is 27.7 Å². The number of piperidine rings is 1. The van der Waals surface area contributed by atoms with E-state index in [1.54, 1.807) is 36.1 Å². The summed E-state index contributed by atoms with van der Waals surface area (Å²) in [5, 5.41) is 11.2. The number of ether oxygens (including phenoxy) is 2. The minimum atomic E-state index is -1.10. The molecule has 2 atom stereocenters. The molecule has 1 amide bonds. The second kappa shape index (κ2) is 7.66. The summed E-state index contributed by atoms with van der Waals surface area (Å²) in [6.07, 6.45) is 0.383. The van der Waals surface area contributed by atoms with Crippen LogP contribution in [0.3, 0.4) is 0 Å². The predicted octanol–water partition coefficient (Wildman–Crippen LogP) is 3.47. The van der Waals surface area contributed by atoms with Crippen LogP contribution in [0.1, 0.15) is 63.4 Å². The average molecular weight is 363 g/mol. The highest BCUT2D eigenvalue weighted by Gasteiger charge is 2.40. The number of rotatable bonds is 3. The molecule has 1 aliphatic heterocycles. The molecule has 1 N–H and O–H groups in total. The maximum absolute atomic E-state index is 12.3. The lowest BCUT2D eigenvalue weighted by atomic mass is 9.81. The number of carbonyl (C=O) groups excluding carboxylic acids is 2. The van der Waals surface area contributed by atoms with Crippen LogP contribution in [0.2, 0.25) is 0 Å². The Morgan fingerprint density at radius 3 is 2.62 bits per heavy atom. The molecule has 1 saturated heterocycles. The molecule has 1 aromatic rings. The van der Waals surface area contributed by atoms with Crippen molar-refractivity contribution in [2.75, 3.05) is 13.2 Å². The molecule has 1 aromatic carbocycles. The summed E-state index contributed by atoms with van der Waals surface area (Å²) < 4.78 is 10.5. The summed E-state index contributed by atoms with van der Waals surface area (Å²) in [5.41, 5.74) is -0.572. The second-order valence-corrected chi connectivity index (χ2v) is 7.81. The van der Waals surface area contributed by atoms with Gasteiger partial charge in [-0.25, -0.2) is 9.59 Å². The number of nitrogens with zero attached hydrogens (tertiary/aromatic N) is 1. The van der Waals surface area contributed by atoms with Crippen molar-refractivity contribution in [2.24, 2.45) is 0 Å². The monoisotopic (exact) mass is 363 g/mol. The van der Waals surface area contributed by atoms with Gasteiger partial charge in [0, 0.05) is 19.0 Å². The zero-order valence-corrected chi connectivity index (χ0v) is 16.2. The standard InChI is InChI=1S/C20H29NO5/c1-6-25-17(22)15-8-7-9-16(12-15)20(24)10-11-21(14(2)13-20)18(23)26-19(3,4)5/h7-9,12,14,24H,6,10-11,13H2,1-5H3. The highest BCUT2D eigenvalue weighted by Crippen LogP contribution is 2.36. The van der Waals surface area contributed by atoms with E-state index in [1.165, 1.54) is 0 Å². The summed E-state index contributed by atoms with van der Waals surface area (Å²) in [6, 6.07) is 6.70.